The smallest absolute Gasteiger partial charge is 0.410 e. The monoisotopic (exact) mass is 443 g/mol. The summed E-state index contributed by atoms with van der Waals surface area (Å²) >= 11 is 0. The van der Waals surface area contributed by atoms with E-state index in [1.165, 1.54) is 35.2 Å². The van der Waals surface area contributed by atoms with Gasteiger partial charge in [0.2, 0.25) is 5.82 Å². The zero-order valence-corrected chi connectivity index (χ0v) is 16.6. The van der Waals surface area contributed by atoms with Crippen molar-refractivity contribution >= 4 is 12.2 Å². The number of benzene rings is 1. The van der Waals surface area contributed by atoms with E-state index in [1.54, 1.807) is 30.4 Å². The lowest BCUT2D eigenvalue weighted by Gasteiger charge is -2.21. The number of hydrogen-bond donors (Lipinski definition) is 2. The minimum absolute atomic E-state index is 0.00443. The number of amides is 1. The first-order valence-electron chi connectivity index (χ1n) is 9.68. The van der Waals surface area contributed by atoms with Crippen LogP contribution in [0.2, 0.25) is 0 Å². The summed E-state index contributed by atoms with van der Waals surface area (Å²) in [4.78, 5) is 13.4. The molecule has 1 saturated heterocycles. The molecule has 1 aromatic carbocycles. The average molecular weight is 443 g/mol. The molecule has 1 amide bonds. The van der Waals surface area contributed by atoms with E-state index in [2.05, 4.69) is 20.6 Å². The van der Waals surface area contributed by atoms with Gasteiger partial charge >= 0.3 is 12.0 Å². The van der Waals surface area contributed by atoms with Gasteiger partial charge in [-0.15, -0.1) is 10.2 Å². The molecule has 0 spiro atoms. The molecule has 1 fully saturated rings. The molecule has 0 aliphatic carbocycles. The number of halogens is 2. The van der Waals surface area contributed by atoms with Crippen molar-refractivity contribution < 1.29 is 27.8 Å². The number of tetrazole rings is 1. The third-order valence-corrected chi connectivity index (χ3v) is 4.83. The van der Waals surface area contributed by atoms with E-state index in [9.17, 15) is 18.7 Å². The highest BCUT2D eigenvalue weighted by Gasteiger charge is 2.39. The Morgan fingerprint density at radius 1 is 1.28 bits per heavy atom. The average Bonchev–Trinajstić information content (AvgIpc) is 3.55. The van der Waals surface area contributed by atoms with Crippen molar-refractivity contribution in [3.8, 4) is 11.6 Å². The molecule has 2 unspecified atom stereocenters. The first-order chi connectivity index (χ1) is 15.4. The highest BCUT2D eigenvalue weighted by molar-refractivity contribution is 5.71. The van der Waals surface area contributed by atoms with Gasteiger partial charge in [0.15, 0.2) is 5.76 Å². The van der Waals surface area contributed by atoms with E-state index in [1.807, 2.05) is 0 Å². The van der Waals surface area contributed by atoms with Gasteiger partial charge in [-0.1, -0.05) is 48.6 Å². The van der Waals surface area contributed by atoms with E-state index < -0.39 is 24.2 Å². The lowest BCUT2D eigenvalue weighted by Crippen LogP contribution is -2.33. The van der Waals surface area contributed by atoms with Crippen LogP contribution in [0.15, 0.2) is 65.1 Å². The third kappa shape index (κ3) is 4.57. The predicted octanol–water partition coefficient (Wildman–Crippen LogP) is 3.00. The Bertz CT molecular complexity index is 1100. The van der Waals surface area contributed by atoms with Gasteiger partial charge in [-0.25, -0.2) is 4.79 Å². The zero-order valence-electron chi connectivity index (χ0n) is 16.6. The van der Waals surface area contributed by atoms with Gasteiger partial charge in [0.1, 0.15) is 18.5 Å². The van der Waals surface area contributed by atoms with Crippen LogP contribution in [-0.4, -0.2) is 62.0 Å². The Balaban J connectivity index is 1.38. The molecule has 2 aromatic heterocycles. The number of nitrogens with zero attached hydrogens (tertiary/aromatic N) is 4. The molecule has 0 saturated carbocycles. The van der Waals surface area contributed by atoms with Crippen LogP contribution in [0.1, 0.15) is 11.3 Å². The number of aliphatic hydroxyl groups excluding tert-OH is 1. The van der Waals surface area contributed by atoms with E-state index in [-0.39, 0.29) is 18.7 Å². The number of cyclic esters (lactones) is 1. The standard InChI is InChI=1S/C21H19F2N5O4/c22-21(23,14-5-2-1-3-6-14)18(29)11-8-15-13-31-20(30)28(15)12-4-7-16-9-10-17(32-16)19-24-26-27-25-19/h1-11,15,18,29H,12-13H2,(H,24,25,26,27)/b7-4-,11-8+. The molecule has 4 rings (SSSR count). The molecule has 3 heterocycles. The highest BCUT2D eigenvalue weighted by Crippen LogP contribution is 2.32. The number of carbonyl (C=O) groups excluding carboxylic acids is 1. The maximum atomic E-state index is 14.4. The van der Waals surface area contributed by atoms with Crippen molar-refractivity contribution in [3.05, 3.63) is 72.0 Å². The van der Waals surface area contributed by atoms with Gasteiger partial charge in [-0.3, -0.25) is 4.90 Å². The van der Waals surface area contributed by atoms with E-state index in [0.717, 1.165) is 6.08 Å². The Morgan fingerprint density at radius 3 is 2.84 bits per heavy atom. The van der Waals surface area contributed by atoms with E-state index in [4.69, 9.17) is 9.15 Å². The van der Waals surface area contributed by atoms with Gasteiger partial charge in [-0.05, 0) is 23.4 Å². The maximum absolute atomic E-state index is 14.4. The van der Waals surface area contributed by atoms with Crippen LogP contribution in [0, 0.1) is 0 Å². The number of hydrogen-bond acceptors (Lipinski definition) is 7. The Morgan fingerprint density at radius 2 is 2.09 bits per heavy atom. The minimum Gasteiger partial charge on any atom is -0.453 e. The number of carbonyl (C=O) groups is 1. The Kier molecular flexibility index (Phi) is 6.08. The van der Waals surface area contributed by atoms with Crippen molar-refractivity contribution in [2.45, 2.75) is 18.1 Å². The molecular weight excluding hydrogens is 424 g/mol. The van der Waals surface area contributed by atoms with Crippen LogP contribution in [0.4, 0.5) is 13.6 Å². The SMILES string of the molecule is O=C1OCC(/C=C/C(O)C(F)(F)c2ccccc2)N1C/C=C\c1ccc(-c2nn[nH]n2)o1. The molecule has 3 aromatic rings. The minimum atomic E-state index is -3.47. The van der Waals surface area contributed by atoms with Crippen LogP contribution in [0.25, 0.3) is 17.7 Å². The van der Waals surface area contributed by atoms with Gasteiger partial charge in [0, 0.05) is 12.1 Å². The number of ether oxygens (including phenoxy) is 1. The topological polar surface area (TPSA) is 117 Å². The fourth-order valence-electron chi connectivity index (χ4n) is 3.13. The molecule has 166 valence electrons. The second-order valence-corrected chi connectivity index (χ2v) is 6.96. The molecule has 0 bridgehead atoms. The second-order valence-electron chi connectivity index (χ2n) is 6.96. The molecule has 1 aliphatic rings. The number of nitrogens with one attached hydrogen (secondary N) is 1. The summed E-state index contributed by atoms with van der Waals surface area (Å²) < 4.78 is 39.5. The molecule has 9 nitrogen and oxygen atoms in total. The molecule has 2 N–H and O–H groups in total. The number of alkyl halides is 2. The van der Waals surface area contributed by atoms with Crippen molar-refractivity contribution in [2.75, 3.05) is 13.2 Å². The van der Waals surface area contributed by atoms with Crippen LogP contribution < -0.4 is 0 Å². The summed E-state index contributed by atoms with van der Waals surface area (Å²) in [6.45, 7) is 0.146. The second kappa shape index (κ2) is 9.10. The quantitative estimate of drug-likeness (QED) is 0.514. The number of aliphatic hydroxyl groups is 1. The lowest BCUT2D eigenvalue weighted by molar-refractivity contribution is -0.0929. The van der Waals surface area contributed by atoms with Gasteiger partial charge in [0.05, 0.1) is 6.04 Å². The van der Waals surface area contributed by atoms with E-state index in [0.29, 0.717) is 17.3 Å². The fraction of sp³-hybridized carbons (Fsp3) is 0.238. The summed E-state index contributed by atoms with van der Waals surface area (Å²) in [7, 11) is 0. The molecule has 32 heavy (non-hydrogen) atoms. The van der Waals surface area contributed by atoms with Crippen LogP contribution in [-0.2, 0) is 10.7 Å². The summed E-state index contributed by atoms with van der Waals surface area (Å²) in [5.74, 6) is -2.24. The van der Waals surface area contributed by atoms with Crippen molar-refractivity contribution in [3.63, 3.8) is 0 Å². The normalized spacial score (nSPS) is 18.0. The summed E-state index contributed by atoms with van der Waals surface area (Å²) in [5, 5.41) is 23.4. The number of aromatic nitrogens is 4. The summed E-state index contributed by atoms with van der Waals surface area (Å²) in [6, 6.07) is 9.83. The van der Waals surface area contributed by atoms with Crippen LogP contribution in [0.3, 0.4) is 0 Å². The largest absolute Gasteiger partial charge is 0.453 e. The fourth-order valence-corrected chi connectivity index (χ4v) is 3.13. The lowest BCUT2D eigenvalue weighted by atomic mass is 10.0. The van der Waals surface area contributed by atoms with Crippen LogP contribution in [0.5, 0.6) is 0 Å². The van der Waals surface area contributed by atoms with Gasteiger partial charge in [-0.2, -0.15) is 14.0 Å². The molecule has 1 aliphatic heterocycles. The van der Waals surface area contributed by atoms with Crippen molar-refractivity contribution in [2.24, 2.45) is 0 Å². The number of rotatable bonds is 8. The first kappa shape index (κ1) is 21.4. The third-order valence-electron chi connectivity index (χ3n) is 4.83. The molecule has 0 radical (unpaired) electrons. The first-order valence-corrected chi connectivity index (χ1v) is 9.68. The molecule has 2 atom stereocenters. The molecule has 11 heteroatoms. The number of furan rings is 1. The predicted molar refractivity (Wildman–Crippen MR) is 108 cm³/mol. The molecular formula is C21H19F2N5O4. The highest BCUT2D eigenvalue weighted by atomic mass is 19.3. The summed E-state index contributed by atoms with van der Waals surface area (Å²) in [5.41, 5.74) is -0.297. The Hall–Kier alpha value is -3.86. The maximum Gasteiger partial charge on any atom is 0.410 e. The van der Waals surface area contributed by atoms with Crippen LogP contribution >= 0.6 is 0 Å². The zero-order chi connectivity index (χ0) is 22.6. The van der Waals surface area contributed by atoms with Gasteiger partial charge in [0.25, 0.3) is 0 Å². The van der Waals surface area contributed by atoms with Crippen molar-refractivity contribution in [1.82, 2.24) is 25.5 Å². The Labute approximate surface area is 181 Å². The number of H-pyrrole nitrogens is 1. The van der Waals surface area contributed by atoms with Gasteiger partial charge < -0.3 is 14.3 Å². The number of aromatic amines is 1. The van der Waals surface area contributed by atoms with Crippen molar-refractivity contribution in [1.29, 1.82) is 0 Å². The summed E-state index contributed by atoms with van der Waals surface area (Å²) in [6.07, 6.45) is 3.02. The van der Waals surface area contributed by atoms with E-state index >= 15 is 0 Å².